The number of rotatable bonds is 6. The third-order valence-corrected chi connectivity index (χ3v) is 5.09. The topological polar surface area (TPSA) is 96.9 Å². The number of carbonyl (C=O) groups is 2. The predicted molar refractivity (Wildman–Crippen MR) is 105 cm³/mol. The molecule has 1 aliphatic carbocycles. The summed E-state index contributed by atoms with van der Waals surface area (Å²) in [4.78, 5) is 24.6. The van der Waals surface area contributed by atoms with Crippen LogP contribution in [0.1, 0.15) is 50.5 Å². The molecule has 2 amide bonds. The maximum absolute atomic E-state index is 12.4. The van der Waals surface area contributed by atoms with E-state index in [4.69, 9.17) is 9.47 Å². The number of benzene rings is 1. The van der Waals surface area contributed by atoms with E-state index in [1.807, 2.05) is 6.07 Å². The van der Waals surface area contributed by atoms with Crippen LogP contribution in [0, 0.1) is 0 Å². The highest BCUT2D eigenvalue weighted by Gasteiger charge is 2.22. The third kappa shape index (κ3) is 5.73. The van der Waals surface area contributed by atoms with E-state index < -0.39 is 18.6 Å². The molecular formula is C21H28N2O5. The van der Waals surface area contributed by atoms with Gasteiger partial charge in [0.25, 0.3) is 0 Å². The summed E-state index contributed by atoms with van der Waals surface area (Å²) in [6.07, 6.45) is 10.7. The van der Waals surface area contributed by atoms with E-state index in [9.17, 15) is 14.7 Å². The number of fused-ring (bicyclic) bond motifs is 1. The smallest absolute Gasteiger partial charge is 0.245 e. The Balaban J connectivity index is 1.51. The van der Waals surface area contributed by atoms with Crippen molar-refractivity contribution in [2.75, 3.05) is 13.4 Å². The second kappa shape index (κ2) is 10.1. The molecule has 0 spiro atoms. The SMILES string of the molecule is O=C(C=Cc1ccc2c(c1)OCO2)N[C@@H](CO)C(=O)NC1CCCCCCC1. The standard InChI is InChI=1S/C21H28N2O5/c24-13-17(21(26)22-16-6-4-2-1-3-5-7-16)23-20(25)11-9-15-8-10-18-19(12-15)28-14-27-18/h8-12,16-17,24H,1-7,13-14H2,(H,22,26)(H,23,25)/t17-/m0/s1. The normalized spacial score (nSPS) is 18.3. The molecule has 152 valence electrons. The maximum Gasteiger partial charge on any atom is 0.245 e. The lowest BCUT2D eigenvalue weighted by Crippen LogP contribution is -2.51. The minimum absolute atomic E-state index is 0.114. The Kier molecular flexibility index (Phi) is 7.31. The van der Waals surface area contributed by atoms with Gasteiger partial charge < -0.3 is 25.2 Å². The number of hydrogen-bond donors (Lipinski definition) is 3. The van der Waals surface area contributed by atoms with Crippen LogP contribution < -0.4 is 20.1 Å². The van der Waals surface area contributed by atoms with Crippen molar-refractivity contribution in [2.24, 2.45) is 0 Å². The molecule has 1 aromatic carbocycles. The van der Waals surface area contributed by atoms with Crippen LogP contribution in [0.3, 0.4) is 0 Å². The lowest BCUT2D eigenvalue weighted by molar-refractivity contribution is -0.128. The first-order valence-electron chi connectivity index (χ1n) is 9.95. The number of hydrogen-bond acceptors (Lipinski definition) is 5. The summed E-state index contributed by atoms with van der Waals surface area (Å²) in [6, 6.07) is 4.51. The largest absolute Gasteiger partial charge is 0.454 e. The molecule has 0 saturated heterocycles. The van der Waals surface area contributed by atoms with Gasteiger partial charge in [-0.3, -0.25) is 9.59 Å². The molecular weight excluding hydrogens is 360 g/mol. The molecule has 0 unspecified atom stereocenters. The Morgan fingerprint density at radius 1 is 1.11 bits per heavy atom. The average molecular weight is 388 g/mol. The highest BCUT2D eigenvalue weighted by molar-refractivity contribution is 5.95. The van der Waals surface area contributed by atoms with Crippen LogP contribution in [0.4, 0.5) is 0 Å². The van der Waals surface area contributed by atoms with Crippen molar-refractivity contribution >= 4 is 17.9 Å². The molecule has 0 bridgehead atoms. The highest BCUT2D eigenvalue weighted by atomic mass is 16.7. The fraction of sp³-hybridized carbons (Fsp3) is 0.524. The fourth-order valence-electron chi connectivity index (χ4n) is 3.50. The number of nitrogens with one attached hydrogen (secondary N) is 2. The number of aliphatic hydroxyl groups excluding tert-OH is 1. The van der Waals surface area contributed by atoms with E-state index in [1.165, 1.54) is 25.3 Å². The van der Waals surface area contributed by atoms with Crippen molar-refractivity contribution in [2.45, 2.75) is 57.0 Å². The summed E-state index contributed by atoms with van der Waals surface area (Å²) in [5.41, 5.74) is 0.777. The molecule has 7 heteroatoms. The van der Waals surface area contributed by atoms with Crippen molar-refractivity contribution < 1.29 is 24.2 Å². The number of amides is 2. The van der Waals surface area contributed by atoms with Gasteiger partial charge >= 0.3 is 0 Å². The molecule has 3 N–H and O–H groups in total. The predicted octanol–water partition coefficient (Wildman–Crippen LogP) is 2.13. The fourth-order valence-corrected chi connectivity index (χ4v) is 3.50. The molecule has 0 aromatic heterocycles. The van der Waals surface area contributed by atoms with E-state index in [-0.39, 0.29) is 18.7 Å². The van der Waals surface area contributed by atoms with Crippen LogP contribution in [0.25, 0.3) is 6.08 Å². The van der Waals surface area contributed by atoms with Crippen molar-refractivity contribution in [3.05, 3.63) is 29.8 Å². The highest BCUT2D eigenvalue weighted by Crippen LogP contribution is 2.32. The van der Waals surface area contributed by atoms with Crippen LogP contribution >= 0.6 is 0 Å². The molecule has 28 heavy (non-hydrogen) atoms. The van der Waals surface area contributed by atoms with Crippen molar-refractivity contribution in [1.29, 1.82) is 0 Å². The first kappa shape index (κ1) is 20.2. The molecule has 1 atom stereocenters. The van der Waals surface area contributed by atoms with Crippen molar-refractivity contribution in [1.82, 2.24) is 10.6 Å². The molecule has 1 aliphatic heterocycles. The summed E-state index contributed by atoms with van der Waals surface area (Å²) in [7, 11) is 0. The summed E-state index contributed by atoms with van der Waals surface area (Å²) in [5.74, 6) is 0.532. The van der Waals surface area contributed by atoms with Gasteiger partial charge in [-0.2, -0.15) is 0 Å². The van der Waals surface area contributed by atoms with Gasteiger partial charge in [0.2, 0.25) is 18.6 Å². The zero-order valence-corrected chi connectivity index (χ0v) is 16.0. The molecule has 1 saturated carbocycles. The Labute approximate surface area is 165 Å². The van der Waals surface area contributed by atoms with Gasteiger partial charge in [0.05, 0.1) is 6.61 Å². The van der Waals surface area contributed by atoms with Gasteiger partial charge in [-0.05, 0) is 36.6 Å². The third-order valence-electron chi connectivity index (χ3n) is 5.09. The van der Waals surface area contributed by atoms with Crippen LogP contribution in [0.5, 0.6) is 11.5 Å². The summed E-state index contributed by atoms with van der Waals surface area (Å²) < 4.78 is 10.6. The van der Waals surface area contributed by atoms with E-state index >= 15 is 0 Å². The van der Waals surface area contributed by atoms with Gasteiger partial charge in [0.1, 0.15) is 6.04 Å². The molecule has 0 radical (unpaired) electrons. The van der Waals surface area contributed by atoms with Gasteiger partial charge in [-0.25, -0.2) is 0 Å². The van der Waals surface area contributed by atoms with Crippen LogP contribution in [0.15, 0.2) is 24.3 Å². The lowest BCUT2D eigenvalue weighted by atomic mass is 9.96. The number of ether oxygens (including phenoxy) is 2. The molecule has 2 aliphatic rings. The average Bonchev–Trinajstić information content (AvgIpc) is 3.14. The Hall–Kier alpha value is -2.54. The molecule has 7 nitrogen and oxygen atoms in total. The number of aliphatic hydroxyl groups is 1. The first-order chi connectivity index (χ1) is 13.7. The van der Waals surface area contributed by atoms with Crippen molar-refractivity contribution in [3.8, 4) is 11.5 Å². The van der Waals surface area contributed by atoms with Gasteiger partial charge in [0.15, 0.2) is 11.5 Å². The van der Waals surface area contributed by atoms with Crippen LogP contribution in [0.2, 0.25) is 0 Å². The molecule has 1 heterocycles. The minimum Gasteiger partial charge on any atom is -0.454 e. The van der Waals surface area contributed by atoms with E-state index in [2.05, 4.69) is 10.6 Å². The summed E-state index contributed by atoms with van der Waals surface area (Å²) in [6.45, 7) is -0.251. The van der Waals surface area contributed by atoms with Gasteiger partial charge in [0, 0.05) is 12.1 Å². The zero-order chi connectivity index (χ0) is 19.8. The van der Waals surface area contributed by atoms with E-state index in [0.29, 0.717) is 11.5 Å². The van der Waals surface area contributed by atoms with Gasteiger partial charge in [-0.1, -0.05) is 38.2 Å². The maximum atomic E-state index is 12.4. The van der Waals surface area contributed by atoms with Crippen molar-refractivity contribution in [3.63, 3.8) is 0 Å². The van der Waals surface area contributed by atoms with Crippen LogP contribution in [-0.2, 0) is 9.59 Å². The number of carbonyl (C=O) groups excluding carboxylic acids is 2. The summed E-state index contributed by atoms with van der Waals surface area (Å²) in [5, 5.41) is 15.1. The lowest BCUT2D eigenvalue weighted by Gasteiger charge is -2.23. The second-order valence-corrected chi connectivity index (χ2v) is 7.24. The minimum atomic E-state index is -0.959. The van der Waals surface area contributed by atoms with E-state index in [0.717, 1.165) is 31.2 Å². The quantitative estimate of drug-likeness (QED) is 0.649. The zero-order valence-electron chi connectivity index (χ0n) is 16.0. The Morgan fingerprint density at radius 2 is 1.82 bits per heavy atom. The van der Waals surface area contributed by atoms with Gasteiger partial charge in [-0.15, -0.1) is 0 Å². The summed E-state index contributed by atoms with van der Waals surface area (Å²) >= 11 is 0. The Bertz CT molecular complexity index is 711. The molecule has 1 aromatic rings. The second-order valence-electron chi connectivity index (χ2n) is 7.24. The Morgan fingerprint density at radius 3 is 2.57 bits per heavy atom. The molecule has 3 rings (SSSR count). The molecule has 1 fully saturated rings. The van der Waals surface area contributed by atoms with E-state index in [1.54, 1.807) is 18.2 Å². The van der Waals surface area contributed by atoms with Crippen LogP contribution in [-0.4, -0.2) is 42.4 Å². The first-order valence-corrected chi connectivity index (χ1v) is 9.95. The monoisotopic (exact) mass is 388 g/mol.